The van der Waals surface area contributed by atoms with Gasteiger partial charge >= 0.3 is 0 Å². The summed E-state index contributed by atoms with van der Waals surface area (Å²) in [6.45, 7) is 1.82. The molecule has 21 heavy (non-hydrogen) atoms. The van der Waals surface area contributed by atoms with Crippen molar-refractivity contribution in [3.63, 3.8) is 0 Å². The lowest BCUT2D eigenvalue weighted by molar-refractivity contribution is 0.0939. The van der Waals surface area contributed by atoms with Crippen LogP contribution in [0.1, 0.15) is 29.1 Å². The van der Waals surface area contributed by atoms with Crippen LogP contribution < -0.4 is 5.32 Å². The van der Waals surface area contributed by atoms with Crippen molar-refractivity contribution in [1.29, 1.82) is 0 Å². The van der Waals surface area contributed by atoms with Gasteiger partial charge in [0.25, 0.3) is 5.91 Å². The van der Waals surface area contributed by atoms with Crippen LogP contribution in [0.5, 0.6) is 0 Å². The summed E-state index contributed by atoms with van der Waals surface area (Å²) in [5, 5.41) is 11.2. The van der Waals surface area contributed by atoms with E-state index in [2.05, 4.69) is 25.5 Å². The summed E-state index contributed by atoms with van der Waals surface area (Å²) >= 11 is 6.05. The number of benzene rings is 1. The maximum absolute atomic E-state index is 12.4. The van der Waals surface area contributed by atoms with Crippen LogP contribution in [0.25, 0.3) is 10.8 Å². The fraction of sp³-hybridized carbons (Fsp3) is 0.143. The monoisotopic (exact) mass is 301 g/mol. The smallest absolute Gasteiger partial charge is 0.254 e. The molecule has 0 saturated carbocycles. The Bertz CT molecular complexity index is 787. The molecule has 0 aliphatic rings. The molecule has 0 aliphatic heterocycles. The number of halogens is 1. The molecule has 7 heteroatoms. The number of hydrogen-bond acceptors (Lipinski definition) is 4. The van der Waals surface area contributed by atoms with E-state index in [9.17, 15) is 4.79 Å². The van der Waals surface area contributed by atoms with Gasteiger partial charge in [0.2, 0.25) is 0 Å². The Balaban J connectivity index is 1.93. The quantitative estimate of drug-likeness (QED) is 0.728. The van der Waals surface area contributed by atoms with Crippen LogP contribution in [0.15, 0.2) is 36.8 Å². The van der Waals surface area contributed by atoms with Gasteiger partial charge in [-0.25, -0.2) is 9.97 Å². The summed E-state index contributed by atoms with van der Waals surface area (Å²) in [5.74, 6) is 0.355. The third-order valence-electron chi connectivity index (χ3n) is 3.18. The van der Waals surface area contributed by atoms with E-state index in [4.69, 9.17) is 11.6 Å². The molecule has 3 aromatic rings. The third kappa shape index (κ3) is 2.57. The number of hydrogen-bond donors (Lipinski definition) is 2. The van der Waals surface area contributed by atoms with Crippen LogP contribution in [0.3, 0.4) is 0 Å². The molecule has 1 unspecified atom stereocenters. The summed E-state index contributed by atoms with van der Waals surface area (Å²) in [7, 11) is 0. The Morgan fingerprint density at radius 3 is 2.76 bits per heavy atom. The maximum Gasteiger partial charge on any atom is 0.254 e. The standard InChI is InChI=1S/C14H12ClN5O/c1-8(13-17-7-18-20-13)19-14(21)11-6-16-12(15)10-5-3-2-4-9(10)11/h2-8H,1H3,(H,19,21)(H,17,18,20). The lowest BCUT2D eigenvalue weighted by Crippen LogP contribution is -2.27. The van der Waals surface area contributed by atoms with E-state index < -0.39 is 0 Å². The van der Waals surface area contributed by atoms with Crippen LogP contribution >= 0.6 is 11.6 Å². The van der Waals surface area contributed by atoms with Crippen LogP contribution in [0, 0.1) is 0 Å². The Labute approximate surface area is 125 Å². The van der Waals surface area contributed by atoms with Gasteiger partial charge in [-0.3, -0.25) is 9.89 Å². The molecule has 0 aliphatic carbocycles. The van der Waals surface area contributed by atoms with E-state index in [-0.39, 0.29) is 11.9 Å². The van der Waals surface area contributed by atoms with Crippen LogP contribution in [-0.2, 0) is 0 Å². The molecule has 6 nitrogen and oxygen atoms in total. The van der Waals surface area contributed by atoms with E-state index in [1.165, 1.54) is 12.5 Å². The number of carbonyl (C=O) groups is 1. The number of amides is 1. The molecule has 1 atom stereocenters. The Kier molecular flexibility index (Phi) is 3.53. The lowest BCUT2D eigenvalue weighted by Gasteiger charge is -2.12. The highest BCUT2D eigenvalue weighted by Crippen LogP contribution is 2.24. The minimum atomic E-state index is -0.283. The summed E-state index contributed by atoms with van der Waals surface area (Å²) in [6, 6.07) is 7.11. The number of aromatic nitrogens is 4. The van der Waals surface area contributed by atoms with E-state index in [1.54, 1.807) is 0 Å². The molecule has 3 rings (SSSR count). The van der Waals surface area contributed by atoms with Gasteiger partial charge in [0.1, 0.15) is 17.3 Å². The number of rotatable bonds is 3. The van der Waals surface area contributed by atoms with Crippen molar-refractivity contribution in [2.24, 2.45) is 0 Å². The Morgan fingerprint density at radius 2 is 2.05 bits per heavy atom. The third-order valence-corrected chi connectivity index (χ3v) is 3.48. The van der Waals surface area contributed by atoms with Crippen molar-refractivity contribution in [3.8, 4) is 0 Å². The highest BCUT2D eigenvalue weighted by atomic mass is 35.5. The highest BCUT2D eigenvalue weighted by Gasteiger charge is 2.16. The van der Waals surface area contributed by atoms with Crippen LogP contribution in [0.2, 0.25) is 5.15 Å². The minimum absolute atomic E-state index is 0.237. The second-order valence-electron chi connectivity index (χ2n) is 4.57. The van der Waals surface area contributed by atoms with E-state index in [1.807, 2.05) is 31.2 Å². The van der Waals surface area contributed by atoms with Crippen molar-refractivity contribution in [2.45, 2.75) is 13.0 Å². The van der Waals surface area contributed by atoms with Gasteiger partial charge in [0.05, 0.1) is 11.6 Å². The minimum Gasteiger partial charge on any atom is -0.342 e. The topological polar surface area (TPSA) is 83.6 Å². The summed E-state index contributed by atoms with van der Waals surface area (Å²) in [5.41, 5.74) is 0.473. The number of pyridine rings is 1. The predicted octanol–water partition coefficient (Wildman–Crippen LogP) is 2.50. The van der Waals surface area contributed by atoms with Gasteiger partial charge in [0.15, 0.2) is 0 Å². The van der Waals surface area contributed by atoms with Gasteiger partial charge in [-0.15, -0.1) is 0 Å². The first-order valence-electron chi connectivity index (χ1n) is 6.36. The summed E-state index contributed by atoms with van der Waals surface area (Å²) in [4.78, 5) is 20.5. The number of fused-ring (bicyclic) bond motifs is 1. The second kappa shape index (κ2) is 5.49. The number of H-pyrrole nitrogens is 1. The Hall–Kier alpha value is -2.47. The van der Waals surface area contributed by atoms with Crippen LogP contribution in [0.4, 0.5) is 0 Å². The molecular formula is C14H12ClN5O. The zero-order valence-electron chi connectivity index (χ0n) is 11.2. The van der Waals surface area contributed by atoms with Gasteiger partial charge in [-0.05, 0) is 12.3 Å². The van der Waals surface area contributed by atoms with E-state index in [0.29, 0.717) is 16.5 Å². The van der Waals surface area contributed by atoms with Crippen molar-refractivity contribution < 1.29 is 4.79 Å². The predicted molar refractivity (Wildman–Crippen MR) is 79.0 cm³/mol. The average molecular weight is 302 g/mol. The first kappa shape index (κ1) is 13.5. The zero-order valence-corrected chi connectivity index (χ0v) is 11.9. The lowest BCUT2D eigenvalue weighted by atomic mass is 10.1. The molecule has 0 spiro atoms. The van der Waals surface area contributed by atoms with E-state index >= 15 is 0 Å². The molecule has 0 saturated heterocycles. The largest absolute Gasteiger partial charge is 0.342 e. The van der Waals surface area contributed by atoms with Crippen molar-refractivity contribution in [1.82, 2.24) is 25.5 Å². The number of carbonyl (C=O) groups excluding carboxylic acids is 1. The number of nitrogens with one attached hydrogen (secondary N) is 2. The Morgan fingerprint density at radius 1 is 1.29 bits per heavy atom. The van der Waals surface area contributed by atoms with Gasteiger partial charge in [-0.1, -0.05) is 35.9 Å². The molecule has 1 aromatic carbocycles. The second-order valence-corrected chi connectivity index (χ2v) is 4.93. The fourth-order valence-electron chi connectivity index (χ4n) is 2.11. The molecule has 0 fully saturated rings. The molecule has 106 valence electrons. The normalized spacial score (nSPS) is 12.3. The molecular weight excluding hydrogens is 290 g/mol. The van der Waals surface area contributed by atoms with Gasteiger partial charge in [-0.2, -0.15) is 5.10 Å². The molecule has 0 bridgehead atoms. The van der Waals surface area contributed by atoms with Crippen molar-refractivity contribution in [2.75, 3.05) is 0 Å². The van der Waals surface area contributed by atoms with Crippen molar-refractivity contribution >= 4 is 28.3 Å². The SMILES string of the molecule is CC(NC(=O)c1cnc(Cl)c2ccccc12)c1ncn[nH]1. The van der Waals surface area contributed by atoms with Crippen LogP contribution in [-0.4, -0.2) is 26.1 Å². The maximum atomic E-state index is 12.4. The zero-order chi connectivity index (χ0) is 14.8. The van der Waals surface area contributed by atoms with Crippen molar-refractivity contribution in [3.05, 3.63) is 53.3 Å². The average Bonchev–Trinajstić information content (AvgIpc) is 3.02. The fourth-order valence-corrected chi connectivity index (χ4v) is 2.32. The van der Waals surface area contributed by atoms with E-state index in [0.717, 1.165) is 10.8 Å². The number of aromatic amines is 1. The first-order chi connectivity index (χ1) is 10.2. The molecule has 2 aromatic heterocycles. The first-order valence-corrected chi connectivity index (χ1v) is 6.74. The molecule has 0 radical (unpaired) electrons. The summed E-state index contributed by atoms with van der Waals surface area (Å²) < 4.78 is 0. The molecule has 1 amide bonds. The summed E-state index contributed by atoms with van der Waals surface area (Å²) in [6.07, 6.45) is 2.88. The highest BCUT2D eigenvalue weighted by molar-refractivity contribution is 6.34. The molecule has 2 heterocycles. The van der Waals surface area contributed by atoms with Gasteiger partial charge in [0, 0.05) is 11.6 Å². The number of nitrogens with zero attached hydrogens (tertiary/aromatic N) is 3. The van der Waals surface area contributed by atoms with Gasteiger partial charge < -0.3 is 5.32 Å². The molecule has 2 N–H and O–H groups in total.